The lowest BCUT2D eigenvalue weighted by Crippen LogP contribution is -2.47. The molecule has 2 atom stereocenters. The Morgan fingerprint density at radius 2 is 1.65 bits per heavy atom. The predicted molar refractivity (Wildman–Crippen MR) is 62.6 cm³/mol. The van der Waals surface area contributed by atoms with E-state index >= 15 is 0 Å². The van der Waals surface area contributed by atoms with E-state index in [0.29, 0.717) is 11.1 Å². The predicted octanol–water partition coefficient (Wildman–Crippen LogP) is 1.16. The summed E-state index contributed by atoms with van der Waals surface area (Å²) in [7, 11) is 0. The van der Waals surface area contributed by atoms with Crippen LogP contribution >= 0.6 is 0 Å². The lowest BCUT2D eigenvalue weighted by atomic mass is 10.1. The summed E-state index contributed by atoms with van der Waals surface area (Å²) in [5.41, 5.74) is 6.99. The van der Waals surface area contributed by atoms with Crippen LogP contribution in [0.5, 0.6) is 0 Å². The van der Waals surface area contributed by atoms with Crippen LogP contribution in [0.1, 0.15) is 40.0 Å². The zero-order valence-corrected chi connectivity index (χ0v) is 9.43. The van der Waals surface area contributed by atoms with Gasteiger partial charge in [-0.25, -0.2) is 0 Å². The second kappa shape index (κ2) is 3.67. The second-order valence-corrected chi connectivity index (χ2v) is 4.69. The summed E-state index contributed by atoms with van der Waals surface area (Å²) < 4.78 is 0. The molecule has 1 aliphatic carbocycles. The highest BCUT2D eigenvalue weighted by Gasteiger charge is 2.43. The van der Waals surface area contributed by atoms with Crippen molar-refractivity contribution in [2.75, 3.05) is 0 Å². The average Bonchev–Trinajstić information content (AvgIpc) is 2.84. The van der Waals surface area contributed by atoms with Crippen LogP contribution in [-0.4, -0.2) is 28.8 Å². The van der Waals surface area contributed by atoms with Crippen molar-refractivity contribution in [3.63, 3.8) is 0 Å². The van der Waals surface area contributed by atoms with Crippen LogP contribution in [-0.2, 0) is 0 Å². The van der Waals surface area contributed by atoms with E-state index in [2.05, 4.69) is 0 Å². The van der Waals surface area contributed by atoms with Gasteiger partial charge in [-0.3, -0.25) is 14.5 Å². The van der Waals surface area contributed by atoms with E-state index in [4.69, 9.17) is 5.73 Å². The maximum atomic E-state index is 12.2. The number of carbonyl (C=O) groups is 2. The SMILES string of the molecule is N[C@H]1CCC[C@@H]1N1C(=O)c2ccccc2C1=O. The molecule has 2 aliphatic rings. The molecule has 0 unspecified atom stereocenters. The van der Waals surface area contributed by atoms with Gasteiger partial charge in [-0.05, 0) is 31.4 Å². The van der Waals surface area contributed by atoms with E-state index < -0.39 is 0 Å². The van der Waals surface area contributed by atoms with Gasteiger partial charge in [0.15, 0.2) is 0 Å². The molecular formula is C13H14N2O2. The third-order valence-corrected chi connectivity index (χ3v) is 3.69. The first kappa shape index (κ1) is 10.5. The molecule has 2 N–H and O–H groups in total. The molecule has 2 amide bonds. The maximum Gasteiger partial charge on any atom is 0.261 e. The van der Waals surface area contributed by atoms with Gasteiger partial charge in [-0.15, -0.1) is 0 Å². The fraction of sp³-hybridized carbons (Fsp3) is 0.385. The van der Waals surface area contributed by atoms with Gasteiger partial charge >= 0.3 is 0 Å². The number of carbonyl (C=O) groups excluding carboxylic acids is 2. The van der Waals surface area contributed by atoms with Crippen molar-refractivity contribution in [2.45, 2.75) is 31.3 Å². The van der Waals surface area contributed by atoms with Gasteiger partial charge in [-0.2, -0.15) is 0 Å². The second-order valence-electron chi connectivity index (χ2n) is 4.69. The minimum absolute atomic E-state index is 0.0720. The third-order valence-electron chi connectivity index (χ3n) is 3.69. The number of hydrogen-bond donors (Lipinski definition) is 1. The average molecular weight is 230 g/mol. The summed E-state index contributed by atoms with van der Waals surface area (Å²) in [6.45, 7) is 0. The van der Waals surface area contributed by atoms with Crippen LogP contribution in [0.15, 0.2) is 24.3 Å². The number of imide groups is 1. The molecule has 0 radical (unpaired) electrons. The molecule has 88 valence electrons. The van der Waals surface area contributed by atoms with E-state index in [0.717, 1.165) is 19.3 Å². The number of nitrogens with two attached hydrogens (primary N) is 1. The molecule has 0 bridgehead atoms. The summed E-state index contributed by atoms with van der Waals surface area (Å²) in [6.07, 6.45) is 2.70. The van der Waals surface area contributed by atoms with Crippen LogP contribution in [0.3, 0.4) is 0 Å². The van der Waals surface area contributed by atoms with Gasteiger partial charge in [0, 0.05) is 6.04 Å². The van der Waals surface area contributed by atoms with Gasteiger partial charge in [0.25, 0.3) is 11.8 Å². The quantitative estimate of drug-likeness (QED) is 0.736. The first-order valence-electron chi connectivity index (χ1n) is 5.92. The van der Waals surface area contributed by atoms with E-state index in [-0.39, 0.29) is 23.9 Å². The molecule has 1 aliphatic heterocycles. The third kappa shape index (κ3) is 1.41. The molecule has 1 heterocycles. The summed E-state index contributed by atoms with van der Waals surface area (Å²) in [5.74, 6) is -0.374. The largest absolute Gasteiger partial charge is 0.326 e. The van der Waals surface area contributed by atoms with Crippen LogP contribution in [0.25, 0.3) is 0 Å². The zero-order valence-electron chi connectivity index (χ0n) is 9.43. The fourth-order valence-corrected chi connectivity index (χ4v) is 2.80. The first-order valence-corrected chi connectivity index (χ1v) is 5.92. The van der Waals surface area contributed by atoms with Gasteiger partial charge in [0.2, 0.25) is 0 Å². The number of fused-ring (bicyclic) bond motifs is 1. The summed E-state index contributed by atoms with van der Waals surface area (Å²) in [6, 6.07) is 6.77. The van der Waals surface area contributed by atoms with Crippen molar-refractivity contribution < 1.29 is 9.59 Å². The number of amides is 2. The van der Waals surface area contributed by atoms with Crippen molar-refractivity contribution in [1.82, 2.24) is 4.90 Å². The summed E-state index contributed by atoms with van der Waals surface area (Å²) in [5, 5.41) is 0. The normalized spacial score (nSPS) is 27.7. The highest BCUT2D eigenvalue weighted by atomic mass is 16.2. The Morgan fingerprint density at radius 1 is 1.06 bits per heavy atom. The molecule has 1 aromatic rings. The van der Waals surface area contributed by atoms with E-state index in [1.54, 1.807) is 24.3 Å². The molecule has 4 nitrogen and oxygen atoms in total. The minimum atomic E-state index is -0.187. The molecular weight excluding hydrogens is 216 g/mol. The van der Waals surface area contributed by atoms with Gasteiger partial charge in [0.1, 0.15) is 0 Å². The van der Waals surface area contributed by atoms with Crippen molar-refractivity contribution in [1.29, 1.82) is 0 Å². The van der Waals surface area contributed by atoms with Gasteiger partial charge < -0.3 is 5.73 Å². The Labute approximate surface area is 99.4 Å². The molecule has 0 spiro atoms. The summed E-state index contributed by atoms with van der Waals surface area (Å²) >= 11 is 0. The maximum absolute atomic E-state index is 12.2. The molecule has 1 aromatic carbocycles. The molecule has 1 saturated carbocycles. The molecule has 0 saturated heterocycles. The highest BCUT2D eigenvalue weighted by molar-refractivity contribution is 6.21. The van der Waals surface area contributed by atoms with Gasteiger partial charge in [0.05, 0.1) is 17.2 Å². The smallest absolute Gasteiger partial charge is 0.261 e. The topological polar surface area (TPSA) is 63.4 Å². The van der Waals surface area contributed by atoms with Crippen LogP contribution in [0.4, 0.5) is 0 Å². The Hall–Kier alpha value is -1.68. The van der Waals surface area contributed by atoms with Crippen LogP contribution in [0.2, 0.25) is 0 Å². The highest BCUT2D eigenvalue weighted by Crippen LogP contribution is 2.30. The standard InChI is InChI=1S/C13H14N2O2/c14-10-6-3-7-11(10)15-12(16)8-4-1-2-5-9(8)13(15)17/h1-2,4-5,10-11H,3,6-7,14H2/t10-,11-/m0/s1. The Kier molecular flexibility index (Phi) is 2.26. The number of rotatable bonds is 1. The van der Waals surface area contributed by atoms with E-state index in [1.165, 1.54) is 4.90 Å². The number of hydrogen-bond acceptors (Lipinski definition) is 3. The Balaban J connectivity index is 2.00. The number of benzene rings is 1. The first-order chi connectivity index (χ1) is 8.20. The lowest BCUT2D eigenvalue weighted by Gasteiger charge is -2.25. The molecule has 17 heavy (non-hydrogen) atoms. The van der Waals surface area contributed by atoms with Crippen LogP contribution in [0, 0.1) is 0 Å². The van der Waals surface area contributed by atoms with Crippen molar-refractivity contribution in [3.8, 4) is 0 Å². The van der Waals surface area contributed by atoms with Gasteiger partial charge in [-0.1, -0.05) is 12.1 Å². The minimum Gasteiger partial charge on any atom is -0.326 e. The zero-order chi connectivity index (χ0) is 12.0. The summed E-state index contributed by atoms with van der Waals surface area (Å²) in [4.78, 5) is 25.7. The molecule has 3 rings (SSSR count). The Bertz CT molecular complexity index is 463. The van der Waals surface area contributed by atoms with Crippen molar-refractivity contribution in [3.05, 3.63) is 35.4 Å². The van der Waals surface area contributed by atoms with Crippen LogP contribution < -0.4 is 5.73 Å². The van der Waals surface area contributed by atoms with E-state index in [9.17, 15) is 9.59 Å². The molecule has 1 fully saturated rings. The molecule has 0 aromatic heterocycles. The fourth-order valence-electron chi connectivity index (χ4n) is 2.80. The lowest BCUT2D eigenvalue weighted by molar-refractivity contribution is 0.0575. The molecule has 4 heteroatoms. The Morgan fingerprint density at radius 3 is 2.12 bits per heavy atom. The number of nitrogens with zero attached hydrogens (tertiary/aromatic N) is 1. The van der Waals surface area contributed by atoms with E-state index in [1.807, 2.05) is 0 Å². The van der Waals surface area contributed by atoms with Crippen molar-refractivity contribution >= 4 is 11.8 Å². The monoisotopic (exact) mass is 230 g/mol. The van der Waals surface area contributed by atoms with Crippen molar-refractivity contribution in [2.24, 2.45) is 5.73 Å².